The second-order valence-corrected chi connectivity index (χ2v) is 7.40. The van der Waals surface area contributed by atoms with Crippen LogP contribution in [0.5, 0.6) is 17.2 Å². The van der Waals surface area contributed by atoms with Crippen LogP contribution in [0.4, 0.5) is 11.4 Å². The van der Waals surface area contributed by atoms with E-state index in [0.717, 1.165) is 0 Å². The first-order chi connectivity index (χ1) is 16.0. The molecule has 3 aromatic carbocycles. The SMILES string of the molecule is COc1ccc([C@@H](O)[C@@H](CC/C=C/C(=O)Nc2ccccc2N)Oc2ccccc2)cc1O. The number of ether oxygens (including phenoxy) is 2. The highest BCUT2D eigenvalue weighted by Crippen LogP contribution is 2.32. The number of nitrogens with one attached hydrogen (secondary N) is 1. The zero-order chi connectivity index (χ0) is 23.6. The molecule has 2 atom stereocenters. The summed E-state index contributed by atoms with van der Waals surface area (Å²) in [5.41, 5.74) is 7.38. The van der Waals surface area contributed by atoms with Gasteiger partial charge in [-0.25, -0.2) is 0 Å². The number of rotatable bonds is 10. The Kier molecular flexibility index (Phi) is 8.32. The summed E-state index contributed by atoms with van der Waals surface area (Å²) in [6.07, 6.45) is 2.44. The zero-order valence-corrected chi connectivity index (χ0v) is 18.3. The third-order valence-electron chi connectivity index (χ3n) is 5.03. The summed E-state index contributed by atoms with van der Waals surface area (Å²) in [7, 11) is 1.46. The van der Waals surface area contributed by atoms with Crippen LogP contribution in [0.3, 0.4) is 0 Å². The Labute approximate surface area is 193 Å². The van der Waals surface area contributed by atoms with Gasteiger partial charge in [0.2, 0.25) is 5.91 Å². The molecule has 0 heterocycles. The van der Waals surface area contributed by atoms with Crippen molar-refractivity contribution in [3.63, 3.8) is 0 Å². The Morgan fingerprint density at radius 3 is 2.52 bits per heavy atom. The van der Waals surface area contributed by atoms with Crippen molar-refractivity contribution in [2.24, 2.45) is 0 Å². The number of anilines is 2. The number of hydrogen-bond donors (Lipinski definition) is 4. The smallest absolute Gasteiger partial charge is 0.248 e. The third-order valence-corrected chi connectivity index (χ3v) is 5.03. The van der Waals surface area contributed by atoms with Crippen LogP contribution in [0, 0.1) is 0 Å². The second kappa shape index (κ2) is 11.6. The fourth-order valence-corrected chi connectivity index (χ4v) is 3.30. The summed E-state index contributed by atoms with van der Waals surface area (Å²) >= 11 is 0. The van der Waals surface area contributed by atoms with Crippen LogP contribution in [-0.4, -0.2) is 29.3 Å². The zero-order valence-electron chi connectivity index (χ0n) is 18.3. The first-order valence-corrected chi connectivity index (χ1v) is 10.6. The molecule has 3 rings (SSSR count). The van der Waals surface area contributed by atoms with Crippen LogP contribution in [0.2, 0.25) is 0 Å². The van der Waals surface area contributed by atoms with Gasteiger partial charge in [-0.2, -0.15) is 0 Å². The Morgan fingerprint density at radius 2 is 1.82 bits per heavy atom. The summed E-state index contributed by atoms with van der Waals surface area (Å²) < 4.78 is 11.1. The summed E-state index contributed by atoms with van der Waals surface area (Å²) in [4.78, 5) is 12.2. The lowest BCUT2D eigenvalue weighted by Crippen LogP contribution is -2.25. The number of phenolic OH excluding ortho intramolecular Hbond substituents is 1. The number of carbonyl (C=O) groups excluding carboxylic acids is 1. The fourth-order valence-electron chi connectivity index (χ4n) is 3.30. The molecule has 33 heavy (non-hydrogen) atoms. The number of carbonyl (C=O) groups is 1. The van der Waals surface area contributed by atoms with Crippen LogP contribution in [0.15, 0.2) is 84.9 Å². The molecule has 0 radical (unpaired) electrons. The molecule has 0 bridgehead atoms. The van der Waals surface area contributed by atoms with E-state index in [-0.39, 0.29) is 11.7 Å². The normalized spacial score (nSPS) is 12.8. The predicted molar refractivity (Wildman–Crippen MR) is 128 cm³/mol. The molecule has 0 saturated carbocycles. The minimum atomic E-state index is -1.01. The molecule has 0 aliphatic heterocycles. The molecule has 1 amide bonds. The van der Waals surface area contributed by atoms with Crippen LogP contribution < -0.4 is 20.5 Å². The van der Waals surface area contributed by atoms with Crippen LogP contribution in [0.25, 0.3) is 0 Å². The quantitative estimate of drug-likeness (QED) is 0.269. The van der Waals surface area contributed by atoms with Crippen molar-refractivity contribution in [3.8, 4) is 17.2 Å². The lowest BCUT2D eigenvalue weighted by Gasteiger charge is -2.24. The monoisotopic (exact) mass is 448 g/mol. The van der Waals surface area contributed by atoms with Crippen molar-refractivity contribution in [3.05, 3.63) is 90.5 Å². The highest BCUT2D eigenvalue weighted by atomic mass is 16.5. The maximum Gasteiger partial charge on any atom is 0.248 e. The van der Waals surface area contributed by atoms with E-state index in [2.05, 4.69) is 5.32 Å². The molecular weight excluding hydrogens is 420 g/mol. The maximum atomic E-state index is 12.2. The lowest BCUT2D eigenvalue weighted by atomic mass is 10.00. The number of phenols is 1. The van der Waals surface area contributed by atoms with Crippen LogP contribution >= 0.6 is 0 Å². The minimum absolute atomic E-state index is 0.0655. The number of benzene rings is 3. The fraction of sp³-hybridized carbons (Fsp3) is 0.192. The minimum Gasteiger partial charge on any atom is -0.504 e. The number of aliphatic hydroxyl groups excluding tert-OH is 1. The molecule has 0 fully saturated rings. The van der Waals surface area contributed by atoms with Gasteiger partial charge < -0.3 is 30.7 Å². The standard InChI is InChI=1S/C26H28N2O5/c1-32-23-16-15-18(17-22(23)29)26(31)24(33-19-9-3-2-4-10-19)13-7-8-14-25(30)28-21-12-6-5-11-20(21)27/h2-6,8-12,14-17,24,26,29,31H,7,13,27H2,1H3,(H,28,30)/b14-8+/t24-,26-/m1/s1. The van der Waals surface area contributed by atoms with Gasteiger partial charge >= 0.3 is 0 Å². The highest BCUT2D eigenvalue weighted by molar-refractivity contribution is 6.01. The van der Waals surface area contributed by atoms with Crippen molar-refractivity contribution in [2.45, 2.75) is 25.0 Å². The van der Waals surface area contributed by atoms with Gasteiger partial charge in [0.1, 0.15) is 18.0 Å². The predicted octanol–water partition coefficient (Wildman–Crippen LogP) is 4.44. The molecule has 0 aromatic heterocycles. The Balaban J connectivity index is 1.66. The number of para-hydroxylation sites is 3. The third kappa shape index (κ3) is 6.75. The molecule has 0 saturated heterocycles. The van der Waals surface area contributed by atoms with Crippen molar-refractivity contribution in [1.29, 1.82) is 0 Å². The summed E-state index contributed by atoms with van der Waals surface area (Å²) in [6.45, 7) is 0. The molecule has 7 nitrogen and oxygen atoms in total. The first kappa shape index (κ1) is 23.7. The molecule has 0 aliphatic rings. The van der Waals surface area contributed by atoms with E-state index >= 15 is 0 Å². The van der Waals surface area contributed by atoms with Crippen LogP contribution in [0.1, 0.15) is 24.5 Å². The van der Waals surface area contributed by atoms with E-state index in [0.29, 0.717) is 41.3 Å². The van der Waals surface area contributed by atoms with E-state index in [4.69, 9.17) is 15.2 Å². The molecule has 0 unspecified atom stereocenters. The first-order valence-electron chi connectivity index (χ1n) is 10.6. The summed E-state index contributed by atoms with van der Waals surface area (Å²) in [6, 6.07) is 20.9. The largest absolute Gasteiger partial charge is 0.504 e. The number of nitrogen functional groups attached to an aromatic ring is 1. The van der Waals surface area contributed by atoms with Gasteiger partial charge in [-0.05, 0) is 60.9 Å². The molecule has 3 aromatic rings. The average Bonchev–Trinajstić information content (AvgIpc) is 2.82. The van der Waals surface area contributed by atoms with Crippen LogP contribution in [-0.2, 0) is 4.79 Å². The molecule has 172 valence electrons. The van der Waals surface area contributed by atoms with E-state index in [1.54, 1.807) is 54.6 Å². The highest BCUT2D eigenvalue weighted by Gasteiger charge is 2.23. The van der Waals surface area contributed by atoms with Gasteiger partial charge in [0, 0.05) is 0 Å². The number of amides is 1. The molecule has 7 heteroatoms. The number of aromatic hydroxyl groups is 1. The van der Waals surface area contributed by atoms with Gasteiger partial charge in [0.25, 0.3) is 0 Å². The van der Waals surface area contributed by atoms with E-state index in [1.807, 2.05) is 18.2 Å². The molecule has 5 N–H and O–H groups in total. The second-order valence-electron chi connectivity index (χ2n) is 7.40. The number of methoxy groups -OCH3 is 1. The topological polar surface area (TPSA) is 114 Å². The van der Waals surface area contributed by atoms with E-state index in [9.17, 15) is 15.0 Å². The van der Waals surface area contributed by atoms with Gasteiger partial charge in [-0.3, -0.25) is 4.79 Å². The van der Waals surface area contributed by atoms with E-state index < -0.39 is 12.2 Å². The van der Waals surface area contributed by atoms with Gasteiger partial charge in [-0.15, -0.1) is 0 Å². The average molecular weight is 449 g/mol. The maximum absolute atomic E-state index is 12.2. The number of allylic oxidation sites excluding steroid dienone is 1. The molecule has 0 aliphatic carbocycles. The van der Waals surface area contributed by atoms with Crippen molar-refractivity contribution in [1.82, 2.24) is 0 Å². The summed E-state index contributed by atoms with van der Waals surface area (Å²) in [5.74, 6) is 0.568. The number of aliphatic hydroxyl groups is 1. The number of nitrogens with two attached hydrogens (primary N) is 1. The van der Waals surface area contributed by atoms with Crippen molar-refractivity contribution in [2.75, 3.05) is 18.2 Å². The number of hydrogen-bond acceptors (Lipinski definition) is 6. The van der Waals surface area contributed by atoms with Gasteiger partial charge in [-0.1, -0.05) is 42.5 Å². The van der Waals surface area contributed by atoms with Crippen molar-refractivity contribution >= 4 is 17.3 Å². The molecule has 0 spiro atoms. The Hall–Kier alpha value is -3.97. The van der Waals surface area contributed by atoms with Crippen molar-refractivity contribution < 1.29 is 24.5 Å². The Morgan fingerprint density at radius 1 is 1.09 bits per heavy atom. The lowest BCUT2D eigenvalue weighted by molar-refractivity contribution is -0.111. The Bertz CT molecular complexity index is 1090. The summed E-state index contributed by atoms with van der Waals surface area (Å²) in [5, 5.41) is 23.8. The van der Waals surface area contributed by atoms with E-state index in [1.165, 1.54) is 19.3 Å². The van der Waals surface area contributed by atoms with Gasteiger partial charge in [0.05, 0.1) is 18.5 Å². The van der Waals surface area contributed by atoms with Gasteiger partial charge in [0.15, 0.2) is 11.5 Å². The molecular formula is C26H28N2O5.